The minimum absolute atomic E-state index is 0.176. The first-order valence-corrected chi connectivity index (χ1v) is 11.1. The number of amides is 2. The highest BCUT2D eigenvalue weighted by Crippen LogP contribution is 2.33. The molecule has 2 aromatic rings. The number of nitrogens with one attached hydrogen (secondary N) is 1. The number of hydrogen-bond donors (Lipinski definition) is 4. The predicted octanol–water partition coefficient (Wildman–Crippen LogP) is 2.83. The molecule has 2 rings (SSSR count). The molecule has 0 saturated heterocycles. The second-order valence-corrected chi connectivity index (χ2v) is 8.36. The number of carbonyl (C=O) groups excluding carboxylic acids is 2. The number of aliphatic hydroxyl groups is 2. The molecule has 0 aromatic heterocycles. The normalized spacial score (nSPS) is 13.9. The quantitative estimate of drug-likeness (QED) is 0.371. The van der Waals surface area contributed by atoms with Crippen molar-refractivity contribution in [3.63, 3.8) is 0 Å². The van der Waals surface area contributed by atoms with Crippen molar-refractivity contribution in [3.8, 4) is 17.9 Å². The summed E-state index contributed by atoms with van der Waals surface area (Å²) in [5, 5.41) is 39.0. The van der Waals surface area contributed by atoms with Gasteiger partial charge in [-0.3, -0.25) is 9.59 Å². The second-order valence-electron chi connectivity index (χ2n) is 7.79. The summed E-state index contributed by atoms with van der Waals surface area (Å²) in [5.74, 6) is -1.40. The number of carbonyl (C=O) groups is 2. The van der Waals surface area contributed by atoms with Crippen molar-refractivity contribution in [1.29, 1.82) is 10.5 Å². The number of nitrogens with two attached hydrogens (primary N) is 1. The molecule has 192 valence electrons. The molecular formula is C23H22BrF3N4O5. The smallest absolute Gasteiger partial charge is 0.417 e. The van der Waals surface area contributed by atoms with Crippen LogP contribution in [0.15, 0.2) is 42.5 Å². The maximum absolute atomic E-state index is 13.0. The Bertz CT molecular complexity index is 1170. The number of hydrogen-bond acceptors (Lipinski definition) is 7. The summed E-state index contributed by atoms with van der Waals surface area (Å²) in [5.41, 5.74) is -0.297. The number of halogens is 4. The molecule has 0 bridgehead atoms. The van der Waals surface area contributed by atoms with E-state index in [-0.39, 0.29) is 11.0 Å². The third-order valence-corrected chi connectivity index (χ3v) is 5.58. The van der Waals surface area contributed by atoms with Crippen LogP contribution in [0.5, 0.6) is 5.75 Å². The molecule has 0 saturated carbocycles. The Labute approximate surface area is 213 Å². The van der Waals surface area contributed by atoms with E-state index in [0.717, 1.165) is 19.1 Å². The first-order chi connectivity index (χ1) is 16.6. The van der Waals surface area contributed by atoms with E-state index in [4.69, 9.17) is 26.1 Å². The second kappa shape index (κ2) is 12.4. The van der Waals surface area contributed by atoms with Crippen molar-refractivity contribution >= 4 is 33.4 Å². The Balaban J connectivity index is 0.000000697. The number of rotatable bonds is 7. The van der Waals surface area contributed by atoms with E-state index in [1.165, 1.54) is 37.3 Å². The van der Waals surface area contributed by atoms with Crippen LogP contribution in [0.25, 0.3) is 0 Å². The van der Waals surface area contributed by atoms with E-state index in [9.17, 15) is 27.9 Å². The molecule has 0 radical (unpaired) electrons. The predicted molar refractivity (Wildman–Crippen MR) is 126 cm³/mol. The molecule has 0 fully saturated rings. The van der Waals surface area contributed by atoms with Gasteiger partial charge in [-0.25, -0.2) is 0 Å². The molecule has 9 nitrogen and oxygen atoms in total. The Morgan fingerprint density at radius 3 is 2.06 bits per heavy atom. The molecule has 0 heterocycles. The lowest BCUT2D eigenvalue weighted by atomic mass is 10.1. The minimum atomic E-state index is -4.77. The summed E-state index contributed by atoms with van der Waals surface area (Å²) in [6, 6.07) is 12.0. The highest BCUT2D eigenvalue weighted by molar-refractivity contribution is 9.09. The van der Waals surface area contributed by atoms with Gasteiger partial charge in [0.2, 0.25) is 5.91 Å². The highest BCUT2D eigenvalue weighted by Gasteiger charge is 2.35. The van der Waals surface area contributed by atoms with Crippen LogP contribution in [0, 0.1) is 22.7 Å². The molecular weight excluding hydrogens is 549 g/mol. The summed E-state index contributed by atoms with van der Waals surface area (Å²) >= 11 is 2.92. The Morgan fingerprint density at radius 2 is 1.64 bits per heavy atom. The van der Waals surface area contributed by atoms with E-state index in [0.29, 0.717) is 17.4 Å². The van der Waals surface area contributed by atoms with Crippen LogP contribution in [0.2, 0.25) is 0 Å². The van der Waals surface area contributed by atoms with Crippen LogP contribution in [0.4, 0.5) is 18.9 Å². The van der Waals surface area contributed by atoms with Crippen molar-refractivity contribution < 1.29 is 37.7 Å². The molecule has 0 aliphatic rings. The Morgan fingerprint density at radius 1 is 1.06 bits per heavy atom. The lowest BCUT2D eigenvalue weighted by Gasteiger charge is -2.23. The lowest BCUT2D eigenvalue weighted by molar-refractivity contribution is -0.138. The van der Waals surface area contributed by atoms with Crippen LogP contribution in [-0.4, -0.2) is 45.2 Å². The number of nitrogens with zero attached hydrogens (tertiary/aromatic N) is 2. The average molecular weight is 571 g/mol. The molecule has 5 N–H and O–H groups in total. The minimum Gasteiger partial charge on any atom is -0.490 e. The van der Waals surface area contributed by atoms with Crippen molar-refractivity contribution in [3.05, 3.63) is 59.2 Å². The summed E-state index contributed by atoms with van der Waals surface area (Å²) in [6.45, 7) is 2.01. The zero-order chi connectivity index (χ0) is 27.7. The number of anilines is 1. The van der Waals surface area contributed by atoms with Gasteiger partial charge in [-0.1, -0.05) is 15.9 Å². The summed E-state index contributed by atoms with van der Waals surface area (Å²) in [7, 11) is 0. The van der Waals surface area contributed by atoms with E-state index < -0.39 is 46.9 Å². The zero-order valence-corrected chi connectivity index (χ0v) is 20.6. The van der Waals surface area contributed by atoms with E-state index in [1.807, 2.05) is 6.07 Å². The fourth-order valence-electron chi connectivity index (χ4n) is 2.20. The van der Waals surface area contributed by atoms with Gasteiger partial charge in [-0.2, -0.15) is 23.7 Å². The van der Waals surface area contributed by atoms with Gasteiger partial charge in [-0.05, 0) is 56.3 Å². The van der Waals surface area contributed by atoms with Crippen LogP contribution in [0.1, 0.15) is 30.5 Å². The number of nitriles is 2. The van der Waals surface area contributed by atoms with Crippen molar-refractivity contribution in [2.24, 2.45) is 5.73 Å². The Kier molecular flexibility index (Phi) is 10.4. The van der Waals surface area contributed by atoms with Crippen LogP contribution >= 0.6 is 15.9 Å². The molecule has 36 heavy (non-hydrogen) atoms. The van der Waals surface area contributed by atoms with Gasteiger partial charge in [0.25, 0.3) is 5.91 Å². The van der Waals surface area contributed by atoms with Gasteiger partial charge < -0.3 is 26.0 Å². The first-order valence-electron chi connectivity index (χ1n) is 9.93. The van der Waals surface area contributed by atoms with E-state index in [1.54, 1.807) is 0 Å². The SMILES string of the molecule is CC(O)(CBr)C(N)=O.CC(O)(COc1ccc(C#N)cc1)C(=O)Nc1ccc(C#N)c(C(F)(F)F)c1. The molecule has 2 amide bonds. The number of alkyl halides is 4. The molecule has 0 aliphatic heterocycles. The van der Waals surface area contributed by atoms with Gasteiger partial charge in [-0.15, -0.1) is 0 Å². The van der Waals surface area contributed by atoms with Gasteiger partial charge in [0.1, 0.15) is 18.0 Å². The van der Waals surface area contributed by atoms with Crippen molar-refractivity contribution in [2.45, 2.75) is 31.2 Å². The molecule has 13 heteroatoms. The highest BCUT2D eigenvalue weighted by atomic mass is 79.9. The first kappa shape index (κ1) is 30.4. The average Bonchev–Trinajstić information content (AvgIpc) is 2.82. The number of ether oxygens (including phenoxy) is 1. The number of primary amides is 1. The maximum Gasteiger partial charge on any atom is 0.417 e. The van der Waals surface area contributed by atoms with E-state index in [2.05, 4.69) is 21.2 Å². The molecule has 2 atom stereocenters. The summed E-state index contributed by atoms with van der Waals surface area (Å²) in [6.07, 6.45) is -4.77. The van der Waals surface area contributed by atoms with Gasteiger partial charge in [0.15, 0.2) is 5.60 Å². The summed E-state index contributed by atoms with van der Waals surface area (Å²) in [4.78, 5) is 22.4. The fraction of sp³-hybridized carbons (Fsp3) is 0.304. The zero-order valence-electron chi connectivity index (χ0n) is 19.1. The monoisotopic (exact) mass is 570 g/mol. The molecule has 2 aromatic carbocycles. The van der Waals surface area contributed by atoms with Crippen LogP contribution in [-0.2, 0) is 15.8 Å². The van der Waals surface area contributed by atoms with Gasteiger partial charge in [0.05, 0.1) is 28.8 Å². The fourth-order valence-corrected chi connectivity index (χ4v) is 2.48. The van der Waals surface area contributed by atoms with Crippen molar-refractivity contribution in [1.82, 2.24) is 0 Å². The third-order valence-electron chi connectivity index (χ3n) is 4.49. The largest absolute Gasteiger partial charge is 0.490 e. The van der Waals surface area contributed by atoms with Crippen LogP contribution in [0.3, 0.4) is 0 Å². The van der Waals surface area contributed by atoms with Crippen LogP contribution < -0.4 is 15.8 Å². The Hall–Kier alpha value is -3.65. The standard InChI is InChI=1S/C19H14F3N3O3.C4H8BrNO2/c1-18(27,11-28-15-6-2-12(9-23)3-7-15)17(26)25-14-5-4-13(10-24)16(8-14)19(20,21)22;1-4(8,2-5)3(6)7/h2-8,27H,11H2,1H3,(H,25,26);8H,2H2,1H3,(H2,6,7). The molecule has 2 unspecified atom stereocenters. The lowest BCUT2D eigenvalue weighted by Crippen LogP contribution is -2.45. The topological polar surface area (TPSA) is 169 Å². The maximum atomic E-state index is 13.0. The van der Waals surface area contributed by atoms with Gasteiger partial charge >= 0.3 is 6.18 Å². The van der Waals surface area contributed by atoms with Gasteiger partial charge in [0, 0.05) is 11.0 Å². The third kappa shape index (κ3) is 8.85. The summed E-state index contributed by atoms with van der Waals surface area (Å²) < 4.78 is 44.3. The van der Waals surface area contributed by atoms with Crippen molar-refractivity contribution in [2.75, 3.05) is 17.3 Å². The van der Waals surface area contributed by atoms with E-state index >= 15 is 0 Å². The molecule has 0 spiro atoms. The molecule has 0 aliphatic carbocycles. The number of benzene rings is 2.